The maximum absolute atomic E-state index is 13.0. The molecular formula is C26H39N5O2. The molecule has 33 heavy (non-hydrogen) atoms. The first-order valence-electron chi connectivity index (χ1n) is 12.6. The molecule has 0 aromatic carbocycles. The van der Waals surface area contributed by atoms with Crippen molar-refractivity contribution in [3.8, 4) is 17.0 Å². The Morgan fingerprint density at radius 2 is 1.97 bits per heavy atom. The standard InChI is InChI=1S/C26H39N5O2/c1-6-31-25(21-15-27-23(13-22(21)33-5)29-18(4)20-11-12-20)17(3)24(30-31)26(32)28-14-19-9-7-16(2)8-10-19/h13,15-16,18-20H,6-12,14H2,1-5H3,(H,27,29)(H,28,32)/t16?,18-,19?/m0/s1. The predicted octanol–water partition coefficient (Wildman–Crippen LogP) is 5.05. The van der Waals surface area contributed by atoms with Crippen molar-refractivity contribution in [2.24, 2.45) is 17.8 Å². The lowest BCUT2D eigenvalue weighted by Crippen LogP contribution is -2.31. The summed E-state index contributed by atoms with van der Waals surface area (Å²) in [5, 5.41) is 11.3. The minimum absolute atomic E-state index is 0.0944. The third kappa shape index (κ3) is 5.33. The van der Waals surface area contributed by atoms with Crippen LogP contribution in [0.3, 0.4) is 0 Å². The Labute approximate surface area is 197 Å². The van der Waals surface area contributed by atoms with E-state index in [0.717, 1.165) is 46.8 Å². The second-order valence-electron chi connectivity index (χ2n) is 10.0. The van der Waals surface area contributed by atoms with E-state index in [-0.39, 0.29) is 5.91 Å². The first-order chi connectivity index (χ1) is 15.9. The Morgan fingerprint density at radius 1 is 1.24 bits per heavy atom. The number of carbonyl (C=O) groups excluding carboxylic acids is 1. The largest absolute Gasteiger partial charge is 0.496 e. The monoisotopic (exact) mass is 453 g/mol. The highest BCUT2D eigenvalue weighted by atomic mass is 16.5. The molecule has 0 unspecified atom stereocenters. The average molecular weight is 454 g/mol. The Hall–Kier alpha value is -2.57. The van der Waals surface area contributed by atoms with Crippen molar-refractivity contribution in [1.29, 1.82) is 0 Å². The zero-order chi connectivity index (χ0) is 23.5. The molecule has 2 saturated carbocycles. The molecule has 2 aromatic rings. The van der Waals surface area contributed by atoms with E-state index in [1.165, 1.54) is 38.5 Å². The summed E-state index contributed by atoms with van der Waals surface area (Å²) in [6.45, 7) is 9.90. The van der Waals surface area contributed by atoms with Gasteiger partial charge in [0.1, 0.15) is 11.6 Å². The second kappa shape index (κ2) is 10.1. The number of ether oxygens (including phenoxy) is 1. The molecule has 2 aliphatic rings. The molecule has 0 saturated heterocycles. The summed E-state index contributed by atoms with van der Waals surface area (Å²) in [6, 6.07) is 2.35. The zero-order valence-corrected chi connectivity index (χ0v) is 20.8. The van der Waals surface area contributed by atoms with Gasteiger partial charge in [-0.25, -0.2) is 4.98 Å². The Balaban J connectivity index is 1.53. The van der Waals surface area contributed by atoms with Gasteiger partial charge in [-0.15, -0.1) is 0 Å². The normalized spacial score (nSPS) is 21.5. The van der Waals surface area contributed by atoms with E-state index in [9.17, 15) is 4.79 Å². The molecular weight excluding hydrogens is 414 g/mol. The van der Waals surface area contributed by atoms with Crippen LogP contribution < -0.4 is 15.4 Å². The van der Waals surface area contributed by atoms with Crippen molar-refractivity contribution in [3.63, 3.8) is 0 Å². The van der Waals surface area contributed by atoms with Gasteiger partial charge in [-0.2, -0.15) is 5.10 Å². The second-order valence-corrected chi connectivity index (χ2v) is 10.0. The van der Waals surface area contributed by atoms with Gasteiger partial charge in [0.25, 0.3) is 5.91 Å². The Morgan fingerprint density at radius 3 is 2.61 bits per heavy atom. The van der Waals surface area contributed by atoms with Crippen LogP contribution in [-0.4, -0.2) is 40.4 Å². The number of anilines is 1. The molecule has 2 aliphatic carbocycles. The van der Waals surface area contributed by atoms with Gasteiger partial charge in [0.15, 0.2) is 5.69 Å². The average Bonchev–Trinajstić information content (AvgIpc) is 3.62. The van der Waals surface area contributed by atoms with Gasteiger partial charge in [0, 0.05) is 37.0 Å². The van der Waals surface area contributed by atoms with Crippen molar-refractivity contribution in [1.82, 2.24) is 20.1 Å². The van der Waals surface area contributed by atoms with Crippen LogP contribution in [0, 0.1) is 24.7 Å². The third-order valence-electron chi connectivity index (χ3n) is 7.44. The summed E-state index contributed by atoms with van der Waals surface area (Å²) in [5.41, 5.74) is 3.09. The van der Waals surface area contributed by atoms with Gasteiger partial charge in [-0.1, -0.05) is 19.8 Å². The van der Waals surface area contributed by atoms with Crippen molar-refractivity contribution >= 4 is 11.7 Å². The highest BCUT2D eigenvalue weighted by Gasteiger charge is 2.29. The van der Waals surface area contributed by atoms with E-state index in [2.05, 4.69) is 34.6 Å². The number of nitrogens with zero attached hydrogens (tertiary/aromatic N) is 3. The number of methoxy groups -OCH3 is 1. The smallest absolute Gasteiger partial charge is 0.272 e. The van der Waals surface area contributed by atoms with Crippen LogP contribution in [0.15, 0.2) is 12.3 Å². The lowest BCUT2D eigenvalue weighted by molar-refractivity contribution is 0.0935. The van der Waals surface area contributed by atoms with Crippen LogP contribution in [0.5, 0.6) is 5.75 Å². The minimum atomic E-state index is -0.0944. The van der Waals surface area contributed by atoms with Crippen molar-refractivity contribution in [2.45, 2.75) is 78.8 Å². The van der Waals surface area contributed by atoms with Crippen molar-refractivity contribution in [3.05, 3.63) is 23.5 Å². The molecule has 2 aromatic heterocycles. The van der Waals surface area contributed by atoms with Gasteiger partial charge < -0.3 is 15.4 Å². The number of aromatic nitrogens is 3. The number of hydrogen-bond acceptors (Lipinski definition) is 5. The molecule has 7 heteroatoms. The summed E-state index contributed by atoms with van der Waals surface area (Å²) in [5.74, 6) is 3.57. The van der Waals surface area contributed by atoms with E-state index < -0.39 is 0 Å². The highest BCUT2D eigenvalue weighted by Crippen LogP contribution is 2.37. The molecule has 4 rings (SSSR count). The summed E-state index contributed by atoms with van der Waals surface area (Å²) >= 11 is 0. The number of pyridine rings is 1. The van der Waals surface area contributed by atoms with E-state index in [0.29, 0.717) is 24.2 Å². The van der Waals surface area contributed by atoms with E-state index in [1.807, 2.05) is 30.8 Å². The molecule has 1 amide bonds. The molecule has 0 bridgehead atoms. The lowest BCUT2D eigenvalue weighted by Gasteiger charge is -2.26. The van der Waals surface area contributed by atoms with Crippen LogP contribution in [0.4, 0.5) is 5.82 Å². The van der Waals surface area contributed by atoms with Crippen LogP contribution >= 0.6 is 0 Å². The van der Waals surface area contributed by atoms with Gasteiger partial charge >= 0.3 is 0 Å². The van der Waals surface area contributed by atoms with Crippen LogP contribution in [0.2, 0.25) is 0 Å². The molecule has 0 spiro atoms. The summed E-state index contributed by atoms with van der Waals surface area (Å²) in [6.07, 6.45) is 9.29. The SMILES string of the molecule is CCn1nc(C(=O)NCC2CCC(C)CC2)c(C)c1-c1cnc(N[C@@H](C)C2CC2)cc1OC. The number of hydrogen-bond donors (Lipinski definition) is 2. The first kappa shape index (κ1) is 23.6. The topological polar surface area (TPSA) is 81.1 Å². The number of aryl methyl sites for hydroxylation is 1. The predicted molar refractivity (Wildman–Crippen MR) is 132 cm³/mol. The van der Waals surface area contributed by atoms with Crippen LogP contribution in [-0.2, 0) is 6.54 Å². The lowest BCUT2D eigenvalue weighted by atomic mass is 9.83. The van der Waals surface area contributed by atoms with Crippen LogP contribution in [0.25, 0.3) is 11.3 Å². The molecule has 180 valence electrons. The quantitative estimate of drug-likeness (QED) is 0.555. The molecule has 0 aliphatic heterocycles. The highest BCUT2D eigenvalue weighted by molar-refractivity contribution is 5.95. The van der Waals surface area contributed by atoms with Gasteiger partial charge in [-0.05, 0) is 64.2 Å². The molecule has 0 radical (unpaired) electrons. The summed E-state index contributed by atoms with van der Waals surface area (Å²) in [7, 11) is 1.67. The van der Waals surface area contributed by atoms with Gasteiger partial charge in [0.05, 0.1) is 18.4 Å². The molecule has 1 atom stereocenters. The van der Waals surface area contributed by atoms with Crippen LogP contribution in [0.1, 0.15) is 75.3 Å². The number of rotatable bonds is 9. The van der Waals surface area contributed by atoms with E-state index in [1.54, 1.807) is 7.11 Å². The summed E-state index contributed by atoms with van der Waals surface area (Å²) in [4.78, 5) is 17.7. The zero-order valence-electron chi connectivity index (χ0n) is 20.8. The number of carbonyl (C=O) groups is 1. The molecule has 2 fully saturated rings. The summed E-state index contributed by atoms with van der Waals surface area (Å²) < 4.78 is 7.62. The number of amides is 1. The van der Waals surface area contributed by atoms with E-state index >= 15 is 0 Å². The van der Waals surface area contributed by atoms with Gasteiger partial charge in [-0.3, -0.25) is 9.48 Å². The van der Waals surface area contributed by atoms with Gasteiger partial charge in [0.2, 0.25) is 0 Å². The number of nitrogens with one attached hydrogen (secondary N) is 2. The maximum atomic E-state index is 13.0. The van der Waals surface area contributed by atoms with Crippen molar-refractivity contribution in [2.75, 3.05) is 19.0 Å². The molecule has 7 nitrogen and oxygen atoms in total. The molecule has 2 heterocycles. The third-order valence-corrected chi connectivity index (χ3v) is 7.44. The van der Waals surface area contributed by atoms with Crippen molar-refractivity contribution < 1.29 is 9.53 Å². The Bertz CT molecular complexity index is 973. The minimum Gasteiger partial charge on any atom is -0.496 e. The fourth-order valence-electron chi connectivity index (χ4n) is 5.00. The first-order valence-corrected chi connectivity index (χ1v) is 12.6. The van der Waals surface area contributed by atoms with E-state index in [4.69, 9.17) is 4.74 Å². The Kier molecular flexibility index (Phi) is 7.25. The fourth-order valence-corrected chi connectivity index (χ4v) is 5.00. The maximum Gasteiger partial charge on any atom is 0.272 e. The fraction of sp³-hybridized carbons (Fsp3) is 0.654. The molecule has 2 N–H and O–H groups in total.